The van der Waals surface area contributed by atoms with E-state index in [1.165, 1.54) is 11.8 Å². The molecule has 0 spiro atoms. The van der Waals surface area contributed by atoms with E-state index in [2.05, 4.69) is 9.88 Å². The summed E-state index contributed by atoms with van der Waals surface area (Å²) in [7, 11) is 0. The smallest absolute Gasteiger partial charge is 0.225 e. The molecule has 2 aliphatic heterocycles. The summed E-state index contributed by atoms with van der Waals surface area (Å²) in [6.45, 7) is 4.72. The molecule has 9 heteroatoms. The molecule has 0 saturated carbocycles. The molecule has 2 atom stereocenters. The summed E-state index contributed by atoms with van der Waals surface area (Å²) in [5.41, 5.74) is 2.77. The largest absolute Gasteiger partial charge is 0.379 e. The van der Waals surface area contributed by atoms with Crippen molar-refractivity contribution in [2.24, 2.45) is 0 Å². The maximum Gasteiger partial charge on any atom is 0.225 e. The molecule has 43 heavy (non-hydrogen) atoms. The first-order valence-corrected chi connectivity index (χ1v) is 16.4. The number of fused-ring (bicyclic) bond motifs is 1. The third kappa shape index (κ3) is 6.66. The minimum absolute atomic E-state index is 0.0339. The number of benzene rings is 3. The van der Waals surface area contributed by atoms with Gasteiger partial charge in [0, 0.05) is 63.7 Å². The fraction of sp³-hybridized carbons (Fsp3) is 0.353. The Morgan fingerprint density at radius 3 is 2.49 bits per heavy atom. The van der Waals surface area contributed by atoms with Gasteiger partial charge in [-0.25, -0.2) is 0 Å². The number of likely N-dealkylation sites (tertiary alicyclic amines) is 1. The van der Waals surface area contributed by atoms with E-state index in [1.807, 2.05) is 83.9 Å². The van der Waals surface area contributed by atoms with Crippen LogP contribution in [0.2, 0.25) is 10.0 Å². The van der Waals surface area contributed by atoms with E-state index in [0.29, 0.717) is 23.0 Å². The molecule has 1 N–H and O–H groups in total. The fourth-order valence-electron chi connectivity index (χ4n) is 6.31. The van der Waals surface area contributed by atoms with Crippen LogP contribution < -0.4 is 0 Å². The minimum atomic E-state index is -1.00. The lowest BCUT2D eigenvalue weighted by Crippen LogP contribution is -2.42. The molecule has 0 radical (unpaired) electrons. The lowest BCUT2D eigenvalue weighted by molar-refractivity contribution is -0.129. The van der Waals surface area contributed by atoms with Crippen LogP contribution >= 0.6 is 35.0 Å². The maximum absolute atomic E-state index is 14.6. The summed E-state index contributed by atoms with van der Waals surface area (Å²) in [4.78, 5) is 37.3. The molecule has 0 bridgehead atoms. The van der Waals surface area contributed by atoms with E-state index >= 15 is 0 Å². The summed E-state index contributed by atoms with van der Waals surface area (Å²) in [6.07, 6.45) is 4.20. The van der Waals surface area contributed by atoms with E-state index < -0.39 is 10.8 Å². The Labute approximate surface area is 266 Å². The van der Waals surface area contributed by atoms with Crippen molar-refractivity contribution >= 4 is 57.6 Å². The van der Waals surface area contributed by atoms with Gasteiger partial charge in [-0.1, -0.05) is 59.6 Å². The van der Waals surface area contributed by atoms with Crippen LogP contribution in [0.15, 0.2) is 83.9 Å². The van der Waals surface area contributed by atoms with Crippen molar-refractivity contribution in [1.82, 2.24) is 14.8 Å². The van der Waals surface area contributed by atoms with Crippen LogP contribution in [0.3, 0.4) is 0 Å². The molecule has 2 aliphatic rings. The SMILES string of the molecule is O=C1C[C@@](Sc2ccccc2)(C(=O)CCCCN2CCOCC2)[C@H](c2c[nH]c3cc(Cl)ccc23)N1Cc1ccc(Cl)cc1. The number of amides is 1. The highest BCUT2D eigenvalue weighted by atomic mass is 35.5. The predicted molar refractivity (Wildman–Crippen MR) is 174 cm³/mol. The van der Waals surface area contributed by atoms with Gasteiger partial charge in [0.05, 0.1) is 25.7 Å². The van der Waals surface area contributed by atoms with Crippen molar-refractivity contribution < 1.29 is 14.3 Å². The van der Waals surface area contributed by atoms with E-state index in [0.717, 1.165) is 72.6 Å². The monoisotopic (exact) mass is 635 g/mol. The third-order valence-corrected chi connectivity index (χ3v) is 10.4. The number of aromatic nitrogens is 1. The first-order chi connectivity index (χ1) is 20.9. The quantitative estimate of drug-likeness (QED) is 0.172. The number of thioether (sulfide) groups is 1. The van der Waals surface area contributed by atoms with Gasteiger partial charge in [0.25, 0.3) is 0 Å². The normalized spacial score (nSPS) is 21.1. The number of H-pyrrole nitrogens is 1. The van der Waals surface area contributed by atoms with Gasteiger partial charge in [-0.15, -0.1) is 11.8 Å². The molecule has 3 aromatic carbocycles. The van der Waals surface area contributed by atoms with Gasteiger partial charge in [0.2, 0.25) is 5.91 Å². The number of carbonyl (C=O) groups is 2. The van der Waals surface area contributed by atoms with Crippen LogP contribution in [0.25, 0.3) is 10.9 Å². The summed E-state index contributed by atoms with van der Waals surface area (Å²) in [5.74, 6) is 0.0805. The van der Waals surface area contributed by atoms with E-state index in [9.17, 15) is 9.59 Å². The number of hydrogen-bond acceptors (Lipinski definition) is 5. The number of carbonyl (C=O) groups excluding carboxylic acids is 2. The molecule has 1 aromatic heterocycles. The van der Waals surface area contributed by atoms with Crippen molar-refractivity contribution in [3.05, 3.63) is 100 Å². The average Bonchev–Trinajstić information content (AvgIpc) is 3.54. The van der Waals surface area contributed by atoms with Gasteiger partial charge in [-0.05, 0) is 61.3 Å². The summed E-state index contributed by atoms with van der Waals surface area (Å²) in [6, 6.07) is 22.8. The summed E-state index contributed by atoms with van der Waals surface area (Å²) >= 11 is 14.0. The summed E-state index contributed by atoms with van der Waals surface area (Å²) < 4.78 is 4.48. The topological polar surface area (TPSA) is 65.6 Å². The van der Waals surface area contributed by atoms with Crippen molar-refractivity contribution in [2.45, 2.75) is 47.9 Å². The average molecular weight is 637 g/mol. The number of aromatic amines is 1. The second kappa shape index (κ2) is 13.4. The number of unbranched alkanes of at least 4 members (excludes halogenated alkanes) is 1. The molecule has 6 rings (SSSR count). The highest BCUT2D eigenvalue weighted by molar-refractivity contribution is 8.01. The number of ether oxygens (including phenoxy) is 1. The number of morpholine rings is 1. The van der Waals surface area contributed by atoms with Crippen LogP contribution in [-0.2, 0) is 20.9 Å². The molecule has 4 aromatic rings. The van der Waals surface area contributed by atoms with Gasteiger partial charge in [0.15, 0.2) is 5.78 Å². The van der Waals surface area contributed by atoms with Crippen molar-refractivity contribution in [3.8, 4) is 0 Å². The van der Waals surface area contributed by atoms with Gasteiger partial charge in [-0.3, -0.25) is 14.5 Å². The number of ketones is 1. The van der Waals surface area contributed by atoms with Gasteiger partial charge >= 0.3 is 0 Å². The van der Waals surface area contributed by atoms with Gasteiger partial charge in [0.1, 0.15) is 4.75 Å². The van der Waals surface area contributed by atoms with Crippen molar-refractivity contribution in [2.75, 3.05) is 32.8 Å². The molecule has 6 nitrogen and oxygen atoms in total. The minimum Gasteiger partial charge on any atom is -0.379 e. The Kier molecular flexibility index (Phi) is 9.45. The Morgan fingerprint density at radius 1 is 0.977 bits per heavy atom. The van der Waals surface area contributed by atoms with E-state index in [-0.39, 0.29) is 18.1 Å². The van der Waals surface area contributed by atoms with Crippen LogP contribution in [0.5, 0.6) is 0 Å². The van der Waals surface area contributed by atoms with Gasteiger partial charge in [-0.2, -0.15) is 0 Å². The molecule has 2 fully saturated rings. The number of Topliss-reactive ketones (excluding diaryl/α,β-unsaturated/α-hetero) is 1. The lowest BCUT2D eigenvalue weighted by Gasteiger charge is -2.36. The highest BCUT2D eigenvalue weighted by Crippen LogP contribution is 2.55. The van der Waals surface area contributed by atoms with Crippen LogP contribution in [0, 0.1) is 0 Å². The van der Waals surface area contributed by atoms with E-state index in [4.69, 9.17) is 27.9 Å². The number of hydrogen-bond donors (Lipinski definition) is 1. The Morgan fingerprint density at radius 2 is 1.72 bits per heavy atom. The second-order valence-corrected chi connectivity index (χ2v) is 13.6. The molecule has 0 aliphatic carbocycles. The first kappa shape index (κ1) is 30.2. The van der Waals surface area contributed by atoms with Crippen molar-refractivity contribution in [3.63, 3.8) is 0 Å². The Bertz CT molecular complexity index is 1570. The molecule has 1 amide bonds. The standard InChI is InChI=1S/C34H35Cl2N3O3S/c35-25-11-9-24(10-12-25)23-39-32(41)21-34(43-27-6-2-1-3-7-27,31(40)8-4-5-15-38-16-18-42-19-17-38)33(39)29-22-37-30-20-26(36)13-14-28(29)30/h1-3,6-7,9-14,20,22,33,37H,4-5,8,15-19,21,23H2/t33-,34+/m0/s1. The van der Waals surface area contributed by atoms with Crippen molar-refractivity contribution in [1.29, 1.82) is 0 Å². The molecular formula is C34H35Cl2N3O3S. The maximum atomic E-state index is 14.6. The third-order valence-electron chi connectivity index (χ3n) is 8.47. The number of nitrogens with one attached hydrogen (secondary N) is 1. The van der Waals surface area contributed by atoms with Crippen LogP contribution in [0.4, 0.5) is 0 Å². The second-order valence-electron chi connectivity index (χ2n) is 11.3. The Hall–Kier alpha value is -2.81. The van der Waals surface area contributed by atoms with Gasteiger partial charge < -0.3 is 14.6 Å². The highest BCUT2D eigenvalue weighted by Gasteiger charge is 2.57. The molecule has 0 unspecified atom stereocenters. The predicted octanol–water partition coefficient (Wildman–Crippen LogP) is 7.55. The zero-order valence-electron chi connectivity index (χ0n) is 23.9. The zero-order chi connectivity index (χ0) is 29.8. The van der Waals surface area contributed by atoms with E-state index in [1.54, 1.807) is 0 Å². The first-order valence-electron chi connectivity index (χ1n) is 14.8. The number of rotatable bonds is 11. The lowest BCUT2D eigenvalue weighted by atomic mass is 9.86. The van der Waals surface area contributed by atoms with Crippen LogP contribution in [0.1, 0.15) is 42.9 Å². The molecule has 3 heterocycles. The van der Waals surface area contributed by atoms with Crippen LogP contribution in [-0.4, -0.2) is 64.1 Å². The number of halogens is 2. The number of nitrogens with zero attached hydrogens (tertiary/aromatic N) is 2. The Balaban J connectivity index is 1.38. The molecule has 224 valence electrons. The fourth-order valence-corrected chi connectivity index (χ4v) is 8.10. The molecule has 2 saturated heterocycles. The zero-order valence-corrected chi connectivity index (χ0v) is 26.3. The molecular weight excluding hydrogens is 601 g/mol. The summed E-state index contributed by atoms with van der Waals surface area (Å²) in [5, 5.41) is 2.23.